The smallest absolute Gasteiger partial charge is 0.273 e. The molecule has 3 aliphatic rings. The summed E-state index contributed by atoms with van der Waals surface area (Å²) in [6, 6.07) is 14.3. The van der Waals surface area contributed by atoms with Crippen molar-refractivity contribution in [3.8, 4) is 0 Å². The summed E-state index contributed by atoms with van der Waals surface area (Å²) in [6.07, 6.45) is 5.55. The van der Waals surface area contributed by atoms with Gasteiger partial charge < -0.3 is 15.5 Å². The topological polar surface area (TPSA) is 100 Å². The second-order valence-corrected chi connectivity index (χ2v) is 12.5. The van der Waals surface area contributed by atoms with E-state index in [0.29, 0.717) is 43.0 Å². The second kappa shape index (κ2) is 9.93. The van der Waals surface area contributed by atoms with Crippen LogP contribution < -0.4 is 10.6 Å². The summed E-state index contributed by atoms with van der Waals surface area (Å²) in [7, 11) is 0. The number of amides is 2. The first kappa shape index (κ1) is 27.1. The third-order valence-corrected chi connectivity index (χ3v) is 8.94. The zero-order valence-corrected chi connectivity index (χ0v) is 23.8. The minimum absolute atomic E-state index is 0.0361. The number of pyridine rings is 1. The Balaban J connectivity index is 1.13. The minimum atomic E-state index is -0.671. The molecule has 2 amide bonds. The number of likely N-dealkylation sites (tertiary alicyclic amines) is 1. The van der Waals surface area contributed by atoms with Crippen LogP contribution >= 0.6 is 0 Å². The molecule has 2 aromatic carbocycles. The van der Waals surface area contributed by atoms with Crippen LogP contribution in [-0.2, 0) is 23.1 Å². The average molecular weight is 581 g/mol. The summed E-state index contributed by atoms with van der Waals surface area (Å²) < 4.78 is 28.2. The van der Waals surface area contributed by atoms with Gasteiger partial charge in [-0.15, -0.1) is 0 Å². The number of benzene rings is 2. The van der Waals surface area contributed by atoms with Gasteiger partial charge in [-0.05, 0) is 78.1 Å². The molecule has 8 nitrogen and oxygen atoms in total. The Kier molecular flexibility index (Phi) is 6.26. The molecule has 2 aromatic heterocycles. The third-order valence-electron chi connectivity index (χ3n) is 8.94. The highest BCUT2D eigenvalue weighted by molar-refractivity contribution is 6.06. The van der Waals surface area contributed by atoms with Gasteiger partial charge in [0.2, 0.25) is 5.91 Å². The first-order valence-electron chi connectivity index (χ1n) is 14.4. The quantitative estimate of drug-likeness (QED) is 0.313. The minimum Gasteiger partial charge on any atom is -0.340 e. The summed E-state index contributed by atoms with van der Waals surface area (Å²) in [5.41, 5.74) is 3.63. The van der Waals surface area contributed by atoms with Crippen molar-refractivity contribution >= 4 is 29.1 Å². The van der Waals surface area contributed by atoms with Crippen LogP contribution in [-0.4, -0.2) is 38.2 Å². The van der Waals surface area contributed by atoms with Crippen molar-refractivity contribution in [3.63, 3.8) is 0 Å². The number of carbonyl (C=O) groups is 2. The summed E-state index contributed by atoms with van der Waals surface area (Å²) in [5, 5.41) is 6.21. The van der Waals surface area contributed by atoms with E-state index in [0.717, 1.165) is 34.9 Å². The zero-order valence-electron chi connectivity index (χ0n) is 23.8. The van der Waals surface area contributed by atoms with Crippen molar-refractivity contribution in [2.45, 2.75) is 51.0 Å². The van der Waals surface area contributed by atoms with E-state index in [4.69, 9.17) is 0 Å². The molecular formula is C33H30F2N6O2. The highest BCUT2D eigenvalue weighted by atomic mass is 19.1. The first-order valence-corrected chi connectivity index (χ1v) is 14.4. The van der Waals surface area contributed by atoms with Crippen molar-refractivity contribution in [3.05, 3.63) is 107 Å². The van der Waals surface area contributed by atoms with E-state index in [1.165, 1.54) is 18.5 Å². The van der Waals surface area contributed by atoms with Gasteiger partial charge in [0, 0.05) is 36.1 Å². The lowest BCUT2D eigenvalue weighted by Crippen LogP contribution is -2.45. The molecule has 0 radical (unpaired) electrons. The van der Waals surface area contributed by atoms with Crippen molar-refractivity contribution in [2.24, 2.45) is 5.41 Å². The van der Waals surface area contributed by atoms with Gasteiger partial charge in [-0.1, -0.05) is 26.0 Å². The molecule has 218 valence electrons. The van der Waals surface area contributed by atoms with Crippen LogP contribution in [0.5, 0.6) is 0 Å². The molecule has 2 atom stereocenters. The molecule has 2 N–H and O–H groups in total. The van der Waals surface area contributed by atoms with Gasteiger partial charge in [-0.2, -0.15) is 0 Å². The molecule has 1 fully saturated rings. The molecule has 0 saturated carbocycles. The molecule has 2 aliphatic heterocycles. The second-order valence-electron chi connectivity index (χ2n) is 12.5. The van der Waals surface area contributed by atoms with Crippen molar-refractivity contribution < 1.29 is 18.4 Å². The fourth-order valence-corrected chi connectivity index (χ4v) is 6.84. The van der Waals surface area contributed by atoms with E-state index in [1.807, 2.05) is 30.3 Å². The maximum Gasteiger partial charge on any atom is 0.273 e. The van der Waals surface area contributed by atoms with Crippen LogP contribution in [0.3, 0.4) is 0 Å². The Bertz CT molecular complexity index is 1770. The van der Waals surface area contributed by atoms with Gasteiger partial charge in [0.05, 0.1) is 11.5 Å². The highest BCUT2D eigenvalue weighted by Gasteiger charge is 2.51. The van der Waals surface area contributed by atoms with E-state index in [2.05, 4.69) is 39.4 Å². The lowest BCUT2D eigenvalue weighted by atomic mass is 9.79. The molecule has 1 unspecified atom stereocenters. The van der Waals surface area contributed by atoms with E-state index >= 15 is 0 Å². The maximum absolute atomic E-state index is 14.1. The molecule has 4 heterocycles. The number of hydrogen-bond donors (Lipinski definition) is 2. The van der Waals surface area contributed by atoms with Crippen LogP contribution in [0.2, 0.25) is 0 Å². The number of fused-ring (bicyclic) bond motifs is 3. The predicted octanol–water partition coefficient (Wildman–Crippen LogP) is 5.89. The number of anilines is 3. The Morgan fingerprint density at radius 2 is 1.79 bits per heavy atom. The van der Waals surface area contributed by atoms with Crippen LogP contribution in [0.4, 0.5) is 26.1 Å². The molecule has 1 aliphatic carbocycles. The SMILES string of the molecule is CC1(C)CC[C@@H](c2cc(F)cc(F)c2)N(C(=O)c2cc(Nc3ccc4c(c3)CC3(C4)C(=O)Nc4ncccc43)ncn2)C1. The van der Waals surface area contributed by atoms with Gasteiger partial charge in [0.25, 0.3) is 5.91 Å². The van der Waals surface area contributed by atoms with Crippen LogP contribution in [0.15, 0.2) is 67.1 Å². The average Bonchev–Trinajstić information content (AvgIpc) is 3.48. The fourth-order valence-electron chi connectivity index (χ4n) is 6.84. The van der Waals surface area contributed by atoms with Crippen molar-refractivity contribution in [2.75, 3.05) is 17.2 Å². The third kappa shape index (κ3) is 4.80. The number of nitrogens with one attached hydrogen (secondary N) is 2. The number of hydrogen-bond acceptors (Lipinski definition) is 6. The number of halogens is 2. The largest absolute Gasteiger partial charge is 0.340 e. The standard InChI is InChI=1S/C33H30F2N6O2/c1-32(2)8-7-27(20-10-22(34)13-23(35)11-20)41(17-32)30(42)26-14-28(38-18-37-26)39-24-6-5-19-15-33(16-21(19)12-24)25-4-3-9-36-29(25)40-31(33)43/h3-6,9-14,18,27H,7-8,15-17H2,1-2H3,(H,36,40,43)(H,37,38,39)/t27-,33?/m0/s1. The van der Waals surface area contributed by atoms with E-state index < -0.39 is 23.1 Å². The molecule has 4 aromatic rings. The molecular weight excluding hydrogens is 550 g/mol. The van der Waals surface area contributed by atoms with E-state index in [9.17, 15) is 18.4 Å². The highest BCUT2D eigenvalue weighted by Crippen LogP contribution is 2.47. The van der Waals surface area contributed by atoms with Crippen LogP contribution in [0.25, 0.3) is 0 Å². The van der Waals surface area contributed by atoms with Gasteiger partial charge >= 0.3 is 0 Å². The summed E-state index contributed by atoms with van der Waals surface area (Å²) in [6.45, 7) is 4.57. The molecule has 1 spiro atoms. The lowest BCUT2D eigenvalue weighted by Gasteiger charge is -2.44. The molecule has 10 heteroatoms. The normalized spacial score (nSPS) is 21.8. The molecule has 0 bridgehead atoms. The summed E-state index contributed by atoms with van der Waals surface area (Å²) in [5.74, 6) is -0.650. The van der Waals surface area contributed by atoms with Crippen molar-refractivity contribution in [1.29, 1.82) is 0 Å². The number of carbonyl (C=O) groups excluding carboxylic acids is 2. The fraction of sp³-hybridized carbons (Fsp3) is 0.303. The van der Waals surface area contributed by atoms with E-state index in [1.54, 1.807) is 17.2 Å². The summed E-state index contributed by atoms with van der Waals surface area (Å²) in [4.78, 5) is 41.5. The maximum atomic E-state index is 14.1. The lowest BCUT2D eigenvalue weighted by molar-refractivity contribution is -0.120. The number of nitrogens with zero attached hydrogens (tertiary/aromatic N) is 4. The molecule has 43 heavy (non-hydrogen) atoms. The summed E-state index contributed by atoms with van der Waals surface area (Å²) >= 11 is 0. The Hall–Kier alpha value is -4.73. The number of rotatable bonds is 4. The van der Waals surface area contributed by atoms with Gasteiger partial charge in [0.15, 0.2) is 0 Å². The van der Waals surface area contributed by atoms with Gasteiger partial charge in [-0.25, -0.2) is 23.7 Å². The first-order chi connectivity index (χ1) is 20.6. The molecule has 1 saturated heterocycles. The monoisotopic (exact) mass is 580 g/mol. The molecule has 7 rings (SSSR count). The van der Waals surface area contributed by atoms with Crippen molar-refractivity contribution in [1.82, 2.24) is 19.9 Å². The van der Waals surface area contributed by atoms with Crippen LogP contribution in [0.1, 0.15) is 65.5 Å². The Morgan fingerprint density at radius 3 is 2.60 bits per heavy atom. The number of piperidine rings is 1. The van der Waals surface area contributed by atoms with E-state index in [-0.39, 0.29) is 22.9 Å². The van der Waals surface area contributed by atoms with Crippen LogP contribution in [0, 0.1) is 17.0 Å². The zero-order chi connectivity index (χ0) is 29.9. The Labute approximate surface area is 247 Å². The predicted molar refractivity (Wildman–Crippen MR) is 157 cm³/mol. The Morgan fingerprint density at radius 1 is 1.00 bits per heavy atom. The number of aromatic nitrogens is 3. The van der Waals surface area contributed by atoms with Gasteiger partial charge in [-0.3, -0.25) is 9.59 Å². The van der Waals surface area contributed by atoms with Gasteiger partial charge in [0.1, 0.15) is 35.3 Å².